The molecule has 2 aromatic rings. The second-order valence-electron chi connectivity index (χ2n) is 5.52. The van der Waals surface area contributed by atoms with Gasteiger partial charge in [-0.1, -0.05) is 48.5 Å². The van der Waals surface area contributed by atoms with Crippen LogP contribution in [0, 0.1) is 0 Å². The summed E-state index contributed by atoms with van der Waals surface area (Å²) in [5, 5.41) is 8.61. The Morgan fingerprint density at radius 3 is 2.16 bits per heavy atom. The zero-order valence-electron chi connectivity index (χ0n) is 14.2. The number of anilines is 1. The molecular formula is C19H24ClN3O2. The fraction of sp³-hybridized carbons (Fsp3) is 0.263. The average Bonchev–Trinajstić information content (AvgIpc) is 2.61. The number of rotatable bonds is 8. The van der Waals surface area contributed by atoms with E-state index in [1.54, 1.807) is 7.05 Å². The molecule has 0 saturated carbocycles. The van der Waals surface area contributed by atoms with Crippen molar-refractivity contribution in [2.75, 3.05) is 18.9 Å². The van der Waals surface area contributed by atoms with Gasteiger partial charge in [0, 0.05) is 25.1 Å². The third-order valence-electron chi connectivity index (χ3n) is 3.58. The monoisotopic (exact) mass is 361 g/mol. The van der Waals surface area contributed by atoms with Gasteiger partial charge < -0.3 is 16.0 Å². The summed E-state index contributed by atoms with van der Waals surface area (Å²) in [5.74, 6) is -0.364. The maximum Gasteiger partial charge on any atom is 0.247 e. The van der Waals surface area contributed by atoms with Gasteiger partial charge in [-0.15, -0.1) is 12.4 Å². The van der Waals surface area contributed by atoms with E-state index in [0.29, 0.717) is 25.1 Å². The normalized spacial score (nSPS) is 11.1. The van der Waals surface area contributed by atoms with Gasteiger partial charge in [-0.2, -0.15) is 0 Å². The second kappa shape index (κ2) is 11.2. The molecule has 3 N–H and O–H groups in total. The fourth-order valence-electron chi connectivity index (χ4n) is 2.31. The molecule has 1 unspecified atom stereocenters. The first kappa shape index (κ1) is 20.7. The van der Waals surface area contributed by atoms with Gasteiger partial charge in [0.1, 0.15) is 6.04 Å². The third kappa shape index (κ3) is 7.37. The molecule has 0 spiro atoms. The van der Waals surface area contributed by atoms with Crippen molar-refractivity contribution >= 4 is 29.9 Å². The van der Waals surface area contributed by atoms with E-state index in [1.807, 2.05) is 60.7 Å². The number of hydrogen-bond acceptors (Lipinski definition) is 3. The Hall–Kier alpha value is -2.37. The topological polar surface area (TPSA) is 70.2 Å². The predicted octanol–water partition coefficient (Wildman–Crippen LogP) is 2.38. The van der Waals surface area contributed by atoms with Crippen molar-refractivity contribution in [1.29, 1.82) is 0 Å². The van der Waals surface area contributed by atoms with E-state index in [-0.39, 0.29) is 24.2 Å². The Morgan fingerprint density at radius 1 is 0.960 bits per heavy atom. The summed E-state index contributed by atoms with van der Waals surface area (Å²) >= 11 is 0. The molecule has 0 bridgehead atoms. The van der Waals surface area contributed by atoms with Crippen LogP contribution in [0.2, 0.25) is 0 Å². The van der Waals surface area contributed by atoms with Gasteiger partial charge >= 0.3 is 0 Å². The Bertz CT molecular complexity index is 650. The number of para-hydroxylation sites is 1. The van der Waals surface area contributed by atoms with Crippen molar-refractivity contribution in [2.45, 2.75) is 18.9 Å². The molecule has 5 nitrogen and oxygen atoms in total. The van der Waals surface area contributed by atoms with Gasteiger partial charge in [0.25, 0.3) is 0 Å². The van der Waals surface area contributed by atoms with Crippen LogP contribution in [-0.2, 0) is 16.0 Å². The molecule has 6 heteroatoms. The number of halogens is 1. The molecule has 0 fully saturated rings. The van der Waals surface area contributed by atoms with Crippen LogP contribution in [0.5, 0.6) is 0 Å². The molecule has 0 aliphatic carbocycles. The maximum atomic E-state index is 12.6. The number of carbonyl (C=O) groups excluding carboxylic acids is 2. The van der Waals surface area contributed by atoms with E-state index in [0.717, 1.165) is 5.56 Å². The second-order valence-corrected chi connectivity index (χ2v) is 5.52. The van der Waals surface area contributed by atoms with Crippen LogP contribution in [0.15, 0.2) is 60.7 Å². The zero-order valence-corrected chi connectivity index (χ0v) is 15.0. The number of nitrogens with one attached hydrogen (secondary N) is 3. The lowest BCUT2D eigenvalue weighted by molar-refractivity contribution is -0.126. The highest BCUT2D eigenvalue weighted by Gasteiger charge is 2.21. The largest absolute Gasteiger partial charge is 0.344 e. The van der Waals surface area contributed by atoms with Gasteiger partial charge in [0.05, 0.1) is 0 Å². The van der Waals surface area contributed by atoms with E-state index in [4.69, 9.17) is 0 Å². The average molecular weight is 362 g/mol. The van der Waals surface area contributed by atoms with Crippen LogP contribution < -0.4 is 16.0 Å². The molecule has 2 rings (SSSR count). The molecule has 0 aromatic heterocycles. The first-order valence-corrected chi connectivity index (χ1v) is 8.03. The van der Waals surface area contributed by atoms with Crippen LogP contribution in [-0.4, -0.2) is 31.4 Å². The van der Waals surface area contributed by atoms with Crippen LogP contribution in [0.25, 0.3) is 0 Å². The van der Waals surface area contributed by atoms with Crippen LogP contribution in [0.4, 0.5) is 5.69 Å². The highest BCUT2D eigenvalue weighted by molar-refractivity contribution is 5.97. The van der Waals surface area contributed by atoms with Crippen molar-refractivity contribution in [3.05, 3.63) is 66.2 Å². The predicted molar refractivity (Wildman–Crippen MR) is 103 cm³/mol. The number of hydrogen-bond donors (Lipinski definition) is 3. The third-order valence-corrected chi connectivity index (χ3v) is 3.58. The van der Waals surface area contributed by atoms with Crippen molar-refractivity contribution < 1.29 is 9.59 Å². The van der Waals surface area contributed by atoms with Gasteiger partial charge in [-0.3, -0.25) is 9.59 Å². The number of carbonyl (C=O) groups is 2. The summed E-state index contributed by atoms with van der Waals surface area (Å²) in [6.45, 7) is 0.574. The van der Waals surface area contributed by atoms with E-state index < -0.39 is 6.04 Å². The summed E-state index contributed by atoms with van der Waals surface area (Å²) < 4.78 is 0. The van der Waals surface area contributed by atoms with Gasteiger partial charge in [0.2, 0.25) is 11.8 Å². The zero-order chi connectivity index (χ0) is 17.2. The van der Waals surface area contributed by atoms with E-state index in [1.165, 1.54) is 0 Å². The summed E-state index contributed by atoms with van der Waals surface area (Å²) in [6, 6.07) is 18.3. The van der Waals surface area contributed by atoms with Crippen molar-refractivity contribution in [2.24, 2.45) is 0 Å². The molecular weight excluding hydrogens is 338 g/mol. The first-order valence-electron chi connectivity index (χ1n) is 8.03. The number of amides is 2. The molecule has 0 aliphatic rings. The summed E-state index contributed by atoms with van der Waals surface area (Å²) in [6.07, 6.45) is 0.783. The van der Waals surface area contributed by atoms with Gasteiger partial charge in [-0.05, 0) is 24.7 Å². The quantitative estimate of drug-likeness (QED) is 0.676. The summed E-state index contributed by atoms with van der Waals surface area (Å²) in [4.78, 5) is 24.6. The number of benzene rings is 2. The van der Waals surface area contributed by atoms with Crippen molar-refractivity contribution in [1.82, 2.24) is 10.6 Å². The smallest absolute Gasteiger partial charge is 0.247 e. The van der Waals surface area contributed by atoms with Crippen LogP contribution in [0.3, 0.4) is 0 Å². The van der Waals surface area contributed by atoms with Crippen LogP contribution in [0.1, 0.15) is 12.0 Å². The van der Waals surface area contributed by atoms with Gasteiger partial charge in [-0.25, -0.2) is 0 Å². The molecule has 134 valence electrons. The molecule has 25 heavy (non-hydrogen) atoms. The van der Waals surface area contributed by atoms with Crippen molar-refractivity contribution in [3.63, 3.8) is 0 Å². The SMILES string of the molecule is CNCCC(=O)NC(Cc1ccccc1)C(=O)Nc1ccccc1.Cl. The molecule has 2 aromatic carbocycles. The molecule has 1 atom stereocenters. The lowest BCUT2D eigenvalue weighted by Gasteiger charge is -2.19. The van der Waals surface area contributed by atoms with Crippen molar-refractivity contribution in [3.8, 4) is 0 Å². The Morgan fingerprint density at radius 2 is 1.56 bits per heavy atom. The van der Waals surface area contributed by atoms with E-state index >= 15 is 0 Å². The summed E-state index contributed by atoms with van der Waals surface area (Å²) in [7, 11) is 1.79. The lowest BCUT2D eigenvalue weighted by atomic mass is 10.0. The minimum atomic E-state index is -0.614. The maximum absolute atomic E-state index is 12.6. The fourth-order valence-corrected chi connectivity index (χ4v) is 2.31. The molecule has 0 aliphatic heterocycles. The molecule has 2 amide bonds. The molecule has 0 heterocycles. The molecule has 0 saturated heterocycles. The standard InChI is InChI=1S/C19H23N3O2.ClH/c1-20-13-12-18(23)22-17(14-15-8-4-2-5-9-15)19(24)21-16-10-6-3-7-11-16;/h2-11,17,20H,12-14H2,1H3,(H,21,24)(H,22,23);1H. The Kier molecular flexibility index (Phi) is 9.29. The molecule has 0 radical (unpaired) electrons. The highest BCUT2D eigenvalue weighted by atomic mass is 35.5. The van der Waals surface area contributed by atoms with Crippen LogP contribution >= 0.6 is 12.4 Å². The Labute approximate surface area is 154 Å². The Balaban J connectivity index is 0.00000312. The van der Waals surface area contributed by atoms with E-state index in [9.17, 15) is 9.59 Å². The summed E-state index contributed by atoms with van der Waals surface area (Å²) in [5.41, 5.74) is 1.71. The minimum Gasteiger partial charge on any atom is -0.344 e. The highest BCUT2D eigenvalue weighted by Crippen LogP contribution is 2.09. The van der Waals surface area contributed by atoms with Gasteiger partial charge in [0.15, 0.2) is 0 Å². The minimum absolute atomic E-state index is 0. The lowest BCUT2D eigenvalue weighted by Crippen LogP contribution is -2.45. The van der Waals surface area contributed by atoms with E-state index in [2.05, 4.69) is 16.0 Å². The first-order chi connectivity index (χ1) is 11.7.